The van der Waals surface area contributed by atoms with Gasteiger partial charge < -0.3 is 0 Å². The summed E-state index contributed by atoms with van der Waals surface area (Å²) in [4.78, 5) is 16.8. The lowest BCUT2D eigenvalue weighted by Gasteiger charge is -2.20. The van der Waals surface area contributed by atoms with Crippen LogP contribution in [0.5, 0.6) is 0 Å². The van der Waals surface area contributed by atoms with Gasteiger partial charge >= 0.3 is 0 Å². The van der Waals surface area contributed by atoms with Crippen LogP contribution in [0.4, 0.5) is 4.39 Å². The van der Waals surface area contributed by atoms with E-state index in [1.807, 2.05) is 31.2 Å². The van der Waals surface area contributed by atoms with Crippen molar-refractivity contribution in [3.8, 4) is 0 Å². The highest BCUT2D eigenvalue weighted by atomic mass is 19.1. The molecule has 4 nitrogen and oxygen atoms in total. The minimum absolute atomic E-state index is 0.0403. The lowest BCUT2D eigenvalue weighted by atomic mass is 9.83. The van der Waals surface area contributed by atoms with Crippen molar-refractivity contribution >= 4 is 11.6 Å². The Morgan fingerprint density at radius 1 is 1.20 bits per heavy atom. The van der Waals surface area contributed by atoms with Gasteiger partial charge in [0.05, 0.1) is 0 Å². The highest BCUT2D eigenvalue weighted by Gasteiger charge is 2.34. The number of amidine groups is 1. The fourth-order valence-corrected chi connectivity index (χ4v) is 3.29. The van der Waals surface area contributed by atoms with Gasteiger partial charge in [0, 0.05) is 31.2 Å². The van der Waals surface area contributed by atoms with Gasteiger partial charge in [-0.15, -0.1) is 0 Å². The number of aryl methyl sites for hydroxylation is 1. The number of hydroxylamine groups is 1. The average molecular weight is 340 g/mol. The van der Waals surface area contributed by atoms with Crippen molar-refractivity contribution in [2.24, 2.45) is 10.9 Å². The highest BCUT2D eigenvalue weighted by molar-refractivity contribution is 5.92. The normalized spacial score (nSPS) is 19.6. The molecule has 2 atom stereocenters. The second-order valence-corrected chi connectivity index (χ2v) is 6.51. The average Bonchev–Trinajstić information content (AvgIpc) is 3.00. The predicted molar refractivity (Wildman–Crippen MR) is 94.4 cm³/mol. The van der Waals surface area contributed by atoms with Crippen LogP contribution in [0.25, 0.3) is 0 Å². The molecule has 1 heterocycles. The smallest absolute Gasteiger partial charge is 0.138 e. The summed E-state index contributed by atoms with van der Waals surface area (Å²) in [6, 6.07) is 14.1. The molecule has 0 saturated carbocycles. The van der Waals surface area contributed by atoms with Crippen LogP contribution in [0.3, 0.4) is 0 Å². The Balaban J connectivity index is 1.72. The van der Waals surface area contributed by atoms with Crippen molar-refractivity contribution in [2.75, 3.05) is 6.54 Å². The summed E-state index contributed by atoms with van der Waals surface area (Å²) in [5, 5.41) is 9.34. The third kappa shape index (κ3) is 4.12. The van der Waals surface area contributed by atoms with E-state index in [9.17, 15) is 14.4 Å². The van der Waals surface area contributed by atoms with Crippen molar-refractivity contribution in [2.45, 2.75) is 25.7 Å². The second kappa shape index (κ2) is 7.57. The van der Waals surface area contributed by atoms with E-state index in [0.717, 1.165) is 11.1 Å². The van der Waals surface area contributed by atoms with Gasteiger partial charge in [-0.2, -0.15) is 0 Å². The van der Waals surface area contributed by atoms with Gasteiger partial charge in [0.15, 0.2) is 0 Å². The number of Topliss-reactive ketones (excluding diaryl/α,β-unsaturated/α-hetero) is 1. The maximum Gasteiger partial charge on any atom is 0.138 e. The largest absolute Gasteiger partial charge is 0.299 e. The number of nitrogens with zero attached hydrogens (tertiary/aromatic N) is 1. The first kappa shape index (κ1) is 17.3. The number of carbonyl (C=O) groups is 1. The van der Waals surface area contributed by atoms with Crippen LogP contribution in [-0.2, 0) is 11.2 Å². The van der Waals surface area contributed by atoms with Crippen LogP contribution in [0.2, 0.25) is 0 Å². The molecular formula is C20H21FN2O2. The van der Waals surface area contributed by atoms with E-state index in [-0.39, 0.29) is 36.3 Å². The van der Waals surface area contributed by atoms with E-state index < -0.39 is 0 Å². The van der Waals surface area contributed by atoms with Crippen molar-refractivity contribution in [1.29, 1.82) is 0 Å². The first-order valence-electron chi connectivity index (χ1n) is 8.34. The molecule has 3 rings (SSSR count). The molecule has 2 aromatic rings. The zero-order valence-electron chi connectivity index (χ0n) is 14.1. The van der Waals surface area contributed by atoms with Gasteiger partial charge in [-0.3, -0.25) is 20.5 Å². The van der Waals surface area contributed by atoms with Crippen LogP contribution in [0.15, 0.2) is 53.5 Å². The maximum absolute atomic E-state index is 13.0. The third-order valence-corrected chi connectivity index (χ3v) is 4.68. The number of hydrogen-bond acceptors (Lipinski definition) is 4. The van der Waals surface area contributed by atoms with Crippen molar-refractivity contribution in [1.82, 2.24) is 5.48 Å². The fraction of sp³-hybridized carbons (Fsp3) is 0.300. The van der Waals surface area contributed by atoms with Crippen molar-refractivity contribution in [3.63, 3.8) is 0 Å². The zero-order chi connectivity index (χ0) is 17.8. The monoisotopic (exact) mass is 340 g/mol. The molecule has 0 saturated heterocycles. The van der Waals surface area contributed by atoms with Gasteiger partial charge in [-0.25, -0.2) is 4.39 Å². The first-order chi connectivity index (χ1) is 12.1. The molecule has 0 radical (unpaired) electrons. The zero-order valence-corrected chi connectivity index (χ0v) is 14.1. The van der Waals surface area contributed by atoms with Gasteiger partial charge in [0.1, 0.15) is 17.4 Å². The lowest BCUT2D eigenvalue weighted by molar-refractivity contribution is -0.119. The summed E-state index contributed by atoms with van der Waals surface area (Å²) in [5.41, 5.74) is 5.22. The number of carbonyl (C=O) groups excluding carboxylic acids is 1. The Kier molecular flexibility index (Phi) is 5.24. The molecule has 0 bridgehead atoms. The van der Waals surface area contributed by atoms with Crippen LogP contribution in [-0.4, -0.2) is 23.4 Å². The lowest BCUT2D eigenvalue weighted by Crippen LogP contribution is -2.30. The van der Waals surface area contributed by atoms with Crippen molar-refractivity contribution < 1.29 is 14.4 Å². The van der Waals surface area contributed by atoms with Gasteiger partial charge in [-0.1, -0.05) is 42.0 Å². The molecule has 1 aliphatic heterocycles. The summed E-state index contributed by atoms with van der Waals surface area (Å²) in [6.07, 6.45) is 0.526. The van der Waals surface area contributed by atoms with E-state index in [2.05, 4.69) is 10.5 Å². The quantitative estimate of drug-likeness (QED) is 0.820. The third-order valence-electron chi connectivity index (χ3n) is 4.68. The van der Waals surface area contributed by atoms with E-state index in [0.29, 0.717) is 12.4 Å². The highest BCUT2D eigenvalue weighted by Crippen LogP contribution is 2.33. The molecule has 2 aromatic carbocycles. The SMILES string of the molecule is Cc1ccc([C@@H]2CN=C(NO)[C@H]2CC(=O)Cc2ccc(F)cc2)cc1. The number of nitrogens with one attached hydrogen (secondary N) is 1. The number of hydrogen-bond donors (Lipinski definition) is 2. The van der Waals surface area contributed by atoms with Crippen LogP contribution >= 0.6 is 0 Å². The second-order valence-electron chi connectivity index (χ2n) is 6.51. The van der Waals surface area contributed by atoms with Gasteiger partial charge in [-0.05, 0) is 30.2 Å². The number of ketones is 1. The molecule has 25 heavy (non-hydrogen) atoms. The maximum atomic E-state index is 13.0. The molecule has 0 spiro atoms. The van der Waals surface area contributed by atoms with E-state index >= 15 is 0 Å². The summed E-state index contributed by atoms with van der Waals surface area (Å²) in [5.74, 6) is 0.0648. The van der Waals surface area contributed by atoms with E-state index in [1.54, 1.807) is 12.1 Å². The minimum Gasteiger partial charge on any atom is -0.299 e. The number of halogens is 1. The predicted octanol–water partition coefficient (Wildman–Crippen LogP) is 3.43. The Morgan fingerprint density at radius 2 is 1.88 bits per heavy atom. The Labute approximate surface area is 146 Å². The molecule has 0 aromatic heterocycles. The standard InChI is InChI=1S/C20H21FN2O2/c1-13-2-6-15(7-3-13)19-12-22-20(23-25)18(19)11-17(24)10-14-4-8-16(21)9-5-14/h2-9,18-19,25H,10-12H2,1H3,(H,22,23)/t18-,19-/m0/s1. The fourth-order valence-electron chi connectivity index (χ4n) is 3.29. The number of benzene rings is 2. The summed E-state index contributed by atoms with van der Waals surface area (Å²) >= 11 is 0. The first-order valence-corrected chi connectivity index (χ1v) is 8.34. The molecule has 5 heteroatoms. The van der Waals surface area contributed by atoms with Crippen LogP contribution in [0, 0.1) is 18.7 Å². The molecular weight excluding hydrogens is 319 g/mol. The summed E-state index contributed by atoms with van der Waals surface area (Å²) in [6.45, 7) is 2.57. The Morgan fingerprint density at radius 3 is 2.52 bits per heavy atom. The van der Waals surface area contributed by atoms with Crippen molar-refractivity contribution in [3.05, 3.63) is 71.0 Å². The van der Waals surface area contributed by atoms with Crippen LogP contribution < -0.4 is 5.48 Å². The summed E-state index contributed by atoms with van der Waals surface area (Å²) < 4.78 is 13.0. The molecule has 130 valence electrons. The van der Waals surface area contributed by atoms with Crippen LogP contribution in [0.1, 0.15) is 29.0 Å². The molecule has 0 unspecified atom stereocenters. The topological polar surface area (TPSA) is 61.7 Å². The van der Waals surface area contributed by atoms with Gasteiger partial charge in [0.25, 0.3) is 0 Å². The molecule has 1 aliphatic rings. The molecule has 0 amide bonds. The molecule has 0 fully saturated rings. The summed E-state index contributed by atoms with van der Waals surface area (Å²) in [7, 11) is 0. The number of aliphatic imine (C=N–C) groups is 1. The van der Waals surface area contributed by atoms with E-state index in [1.165, 1.54) is 17.7 Å². The molecule has 2 N–H and O–H groups in total. The minimum atomic E-state index is -0.315. The molecule has 0 aliphatic carbocycles. The number of rotatable bonds is 5. The Bertz CT molecular complexity index is 769. The van der Waals surface area contributed by atoms with E-state index in [4.69, 9.17) is 0 Å². The Hall–Kier alpha value is -2.53. The van der Waals surface area contributed by atoms with Gasteiger partial charge in [0.2, 0.25) is 0 Å².